The van der Waals surface area contributed by atoms with Crippen molar-refractivity contribution in [3.63, 3.8) is 0 Å². The number of ether oxygens (including phenoxy) is 2. The minimum Gasteiger partial charge on any atom is -0.464 e. The topological polar surface area (TPSA) is 68.7 Å². The summed E-state index contributed by atoms with van der Waals surface area (Å²) in [7, 11) is 0. The summed E-state index contributed by atoms with van der Waals surface area (Å²) in [6, 6.07) is 5.38. The second-order valence-electron chi connectivity index (χ2n) is 10.6. The first-order valence-corrected chi connectivity index (χ1v) is 15.2. The largest absolute Gasteiger partial charge is 0.464 e. The molecule has 0 radical (unpaired) electrons. The second-order valence-corrected chi connectivity index (χ2v) is 10.6. The highest BCUT2D eigenvalue weighted by atomic mass is 16.5. The molecule has 2 rings (SSSR count). The van der Waals surface area contributed by atoms with Crippen molar-refractivity contribution in [2.24, 2.45) is 0 Å². The van der Waals surface area contributed by atoms with Crippen LogP contribution in [0.25, 0.3) is 0 Å². The minimum absolute atomic E-state index is 0.127. The van der Waals surface area contributed by atoms with Crippen LogP contribution in [0.2, 0.25) is 0 Å². The predicted molar refractivity (Wildman–Crippen MR) is 150 cm³/mol. The summed E-state index contributed by atoms with van der Waals surface area (Å²) in [5.41, 5.74) is 1.25. The summed E-state index contributed by atoms with van der Waals surface area (Å²) in [5.74, 6) is -0.543. The van der Waals surface area contributed by atoms with Gasteiger partial charge < -0.3 is 9.47 Å². The molecule has 0 aliphatic carbocycles. The van der Waals surface area contributed by atoms with Crippen LogP contribution in [0, 0.1) is 0 Å². The van der Waals surface area contributed by atoms with Crippen molar-refractivity contribution in [3.05, 3.63) is 29.6 Å². The van der Waals surface area contributed by atoms with Crippen molar-refractivity contribution in [1.29, 1.82) is 0 Å². The molecule has 6 nitrogen and oxygen atoms in total. The van der Waals surface area contributed by atoms with Gasteiger partial charge in [0.1, 0.15) is 13.2 Å². The lowest BCUT2D eigenvalue weighted by atomic mass is 10.0. The van der Waals surface area contributed by atoms with Crippen LogP contribution in [-0.2, 0) is 31.9 Å². The molecule has 0 saturated heterocycles. The molecule has 2 bridgehead atoms. The van der Waals surface area contributed by atoms with Crippen LogP contribution in [0.4, 0.5) is 0 Å². The minimum atomic E-state index is -0.272. The van der Waals surface area contributed by atoms with Gasteiger partial charge in [0.2, 0.25) is 0 Å². The Kier molecular flexibility index (Phi) is 17.8. The van der Waals surface area contributed by atoms with E-state index in [4.69, 9.17) is 9.47 Å². The lowest BCUT2D eigenvalue weighted by Crippen LogP contribution is -2.33. The number of unbranched alkanes of at least 4 members (excludes halogenated alkanes) is 15. The highest BCUT2D eigenvalue weighted by molar-refractivity contribution is 5.73. The number of hydrogen-bond donors (Lipinski definition) is 0. The number of carbonyl (C=O) groups is 2. The Morgan fingerprint density at radius 2 is 1.05 bits per heavy atom. The predicted octanol–water partition coefficient (Wildman–Crippen LogP) is 6.83. The van der Waals surface area contributed by atoms with Crippen LogP contribution in [0.5, 0.6) is 0 Å². The average Bonchev–Trinajstić information content (AvgIpc) is 2.87. The van der Waals surface area contributed by atoms with Crippen LogP contribution in [0.3, 0.4) is 0 Å². The highest BCUT2D eigenvalue weighted by Crippen LogP contribution is 2.14. The van der Waals surface area contributed by atoms with Gasteiger partial charge in [-0.15, -0.1) is 0 Å². The van der Waals surface area contributed by atoms with Crippen LogP contribution in [-0.4, -0.2) is 54.7 Å². The highest BCUT2D eigenvalue weighted by Gasteiger charge is 2.13. The van der Waals surface area contributed by atoms with Gasteiger partial charge in [0, 0.05) is 13.1 Å². The van der Waals surface area contributed by atoms with Gasteiger partial charge in [-0.3, -0.25) is 19.5 Å². The normalized spacial score (nSPS) is 15.7. The standard InChI is InChI=1S/C31H52N2O4/c1-2-3-4-5-6-7-8-9-10-11-12-13-14-15-16-17-21-33-22-24-36-30(34)26-28-19-18-20-29(32-28)27-31(35)37-25-23-33/h18-20H,2-17,21-27H2,1H3. The molecule has 0 spiro atoms. The van der Waals surface area contributed by atoms with Gasteiger partial charge in [-0.2, -0.15) is 0 Å². The Balaban J connectivity index is 1.50. The number of hydrogen-bond acceptors (Lipinski definition) is 6. The van der Waals surface area contributed by atoms with Crippen LogP contribution in [0.1, 0.15) is 121 Å². The molecular weight excluding hydrogens is 464 g/mol. The number of nitrogens with zero attached hydrogens (tertiary/aromatic N) is 2. The quantitative estimate of drug-likeness (QED) is 0.167. The zero-order valence-corrected chi connectivity index (χ0v) is 23.5. The zero-order chi connectivity index (χ0) is 26.4. The molecule has 0 fully saturated rings. The molecule has 0 aromatic carbocycles. The lowest BCUT2D eigenvalue weighted by Gasteiger charge is -2.22. The van der Waals surface area contributed by atoms with Gasteiger partial charge in [-0.25, -0.2) is 0 Å². The van der Waals surface area contributed by atoms with Crippen LogP contribution >= 0.6 is 0 Å². The summed E-state index contributed by atoms with van der Waals surface area (Å²) in [6.45, 7) is 5.25. The van der Waals surface area contributed by atoms with Crippen molar-refractivity contribution < 1.29 is 19.1 Å². The van der Waals surface area contributed by atoms with E-state index in [9.17, 15) is 9.59 Å². The summed E-state index contributed by atoms with van der Waals surface area (Å²) in [5, 5.41) is 0. The molecule has 210 valence electrons. The van der Waals surface area contributed by atoms with Crippen molar-refractivity contribution in [1.82, 2.24) is 9.88 Å². The third kappa shape index (κ3) is 16.5. The zero-order valence-electron chi connectivity index (χ0n) is 23.5. The van der Waals surface area contributed by atoms with Gasteiger partial charge in [-0.1, -0.05) is 109 Å². The SMILES string of the molecule is CCCCCCCCCCCCCCCCCCN1CCOC(=O)Cc2cccc(n2)CC(=O)OCC1. The monoisotopic (exact) mass is 516 g/mol. The Morgan fingerprint density at radius 1 is 0.649 bits per heavy atom. The van der Waals surface area contributed by atoms with Gasteiger partial charge >= 0.3 is 11.9 Å². The van der Waals surface area contributed by atoms with E-state index in [2.05, 4.69) is 16.8 Å². The van der Waals surface area contributed by atoms with Gasteiger partial charge in [0.05, 0.1) is 24.2 Å². The maximum Gasteiger partial charge on any atom is 0.311 e. The Hall–Kier alpha value is -1.95. The number of pyridine rings is 1. The molecule has 0 N–H and O–H groups in total. The molecule has 0 saturated carbocycles. The second kappa shape index (κ2) is 21.0. The van der Waals surface area contributed by atoms with Crippen LogP contribution < -0.4 is 0 Å². The van der Waals surface area contributed by atoms with E-state index >= 15 is 0 Å². The molecule has 0 unspecified atom stereocenters. The molecule has 1 aliphatic rings. The number of rotatable bonds is 17. The molecule has 1 aromatic rings. The van der Waals surface area contributed by atoms with E-state index in [-0.39, 0.29) is 24.8 Å². The van der Waals surface area contributed by atoms with Crippen LogP contribution in [0.15, 0.2) is 18.2 Å². The summed E-state index contributed by atoms with van der Waals surface area (Å²) in [6.07, 6.45) is 22.0. The Bertz CT molecular complexity index is 700. The number of cyclic esters (lactones) is 2. The molecule has 37 heavy (non-hydrogen) atoms. The van der Waals surface area contributed by atoms with Crippen molar-refractivity contribution >= 4 is 11.9 Å². The number of carbonyl (C=O) groups excluding carboxylic acids is 2. The third-order valence-corrected chi connectivity index (χ3v) is 7.18. The van der Waals surface area contributed by atoms with E-state index in [1.807, 2.05) is 6.07 Å². The fourth-order valence-electron chi connectivity index (χ4n) is 4.92. The van der Waals surface area contributed by atoms with Gasteiger partial charge in [0.25, 0.3) is 0 Å². The first-order valence-electron chi connectivity index (χ1n) is 15.2. The Labute approximate surface area is 225 Å². The first-order chi connectivity index (χ1) is 18.2. The number of esters is 2. The summed E-state index contributed by atoms with van der Waals surface area (Å²) < 4.78 is 10.9. The fraction of sp³-hybridized carbons (Fsp3) is 0.774. The Morgan fingerprint density at radius 3 is 1.49 bits per heavy atom. The van der Waals surface area contributed by atoms with Gasteiger partial charge in [0.15, 0.2) is 0 Å². The number of fused-ring (bicyclic) bond motifs is 2. The molecule has 6 heteroatoms. The summed E-state index contributed by atoms with van der Waals surface area (Å²) >= 11 is 0. The molecule has 2 heterocycles. The smallest absolute Gasteiger partial charge is 0.311 e. The lowest BCUT2D eigenvalue weighted by molar-refractivity contribution is -0.143. The molecule has 0 atom stereocenters. The molecule has 0 amide bonds. The maximum atomic E-state index is 12.2. The van der Waals surface area contributed by atoms with E-state index in [0.29, 0.717) is 37.7 Å². The summed E-state index contributed by atoms with van der Waals surface area (Å²) in [4.78, 5) is 31.0. The maximum absolute atomic E-state index is 12.2. The molecular formula is C31H52N2O4. The van der Waals surface area contributed by atoms with Crippen molar-refractivity contribution in [2.75, 3.05) is 32.8 Å². The molecule has 1 aliphatic heterocycles. The van der Waals surface area contributed by atoms with Gasteiger partial charge in [-0.05, 0) is 25.1 Å². The van der Waals surface area contributed by atoms with E-state index in [1.165, 1.54) is 96.3 Å². The fourth-order valence-corrected chi connectivity index (χ4v) is 4.92. The first kappa shape index (κ1) is 31.3. The number of aromatic nitrogens is 1. The third-order valence-electron chi connectivity index (χ3n) is 7.18. The van der Waals surface area contributed by atoms with E-state index in [1.54, 1.807) is 12.1 Å². The van der Waals surface area contributed by atoms with E-state index in [0.717, 1.165) is 13.0 Å². The van der Waals surface area contributed by atoms with Crippen molar-refractivity contribution in [3.8, 4) is 0 Å². The van der Waals surface area contributed by atoms with E-state index < -0.39 is 0 Å². The van der Waals surface area contributed by atoms with Crippen molar-refractivity contribution in [2.45, 2.75) is 122 Å². The average molecular weight is 517 g/mol. The molecule has 1 aromatic heterocycles.